The van der Waals surface area contributed by atoms with Gasteiger partial charge in [0.15, 0.2) is 0 Å². The van der Waals surface area contributed by atoms with E-state index in [9.17, 15) is 14.4 Å². The zero-order chi connectivity index (χ0) is 17.2. The number of carbonyl (C=O) groups is 3. The van der Waals surface area contributed by atoms with Crippen molar-refractivity contribution in [1.82, 2.24) is 9.88 Å². The number of hydrogen-bond donors (Lipinski definition) is 0. The molecule has 4 aliphatic carbocycles. The lowest BCUT2D eigenvalue weighted by Crippen LogP contribution is -2.82. The van der Waals surface area contributed by atoms with Crippen molar-refractivity contribution in [2.24, 2.45) is 22.7 Å². The van der Waals surface area contributed by atoms with E-state index < -0.39 is 11.0 Å². The third-order valence-corrected chi connectivity index (χ3v) is 8.13. The van der Waals surface area contributed by atoms with Crippen molar-refractivity contribution in [2.45, 2.75) is 37.6 Å². The number of pyridine rings is 1. The molecular formula is C19H18N2O4. The van der Waals surface area contributed by atoms with Crippen LogP contribution in [0.2, 0.25) is 0 Å². The molecular weight excluding hydrogens is 320 g/mol. The summed E-state index contributed by atoms with van der Waals surface area (Å²) >= 11 is 0. The minimum Gasteiger partial charge on any atom is -0.469 e. The summed E-state index contributed by atoms with van der Waals surface area (Å²) in [7, 11) is 1.45. The number of esters is 1. The van der Waals surface area contributed by atoms with Crippen molar-refractivity contribution in [1.29, 1.82) is 0 Å². The van der Waals surface area contributed by atoms with Crippen molar-refractivity contribution in [3.8, 4) is 0 Å². The van der Waals surface area contributed by atoms with Gasteiger partial charge < -0.3 is 4.74 Å². The maximum Gasteiger partial charge on any atom is 0.312 e. The zero-order valence-electron chi connectivity index (χ0n) is 13.9. The number of carbonyl (C=O) groups excluding carboxylic acids is 3. The Morgan fingerprint density at radius 1 is 1.16 bits per heavy atom. The molecule has 1 aromatic heterocycles. The number of rotatable bonds is 2. The monoisotopic (exact) mass is 338 g/mol. The molecule has 2 heterocycles. The van der Waals surface area contributed by atoms with Gasteiger partial charge in [-0.1, -0.05) is 0 Å². The Morgan fingerprint density at radius 2 is 1.96 bits per heavy atom. The molecule has 6 heteroatoms. The van der Waals surface area contributed by atoms with E-state index in [0.29, 0.717) is 23.0 Å². The fourth-order valence-electron chi connectivity index (χ4n) is 7.69. The highest BCUT2D eigenvalue weighted by molar-refractivity contribution is 6.22. The van der Waals surface area contributed by atoms with E-state index in [1.165, 1.54) is 18.2 Å². The average Bonchev–Trinajstić information content (AvgIpc) is 3.16. The molecule has 2 amide bonds. The second-order valence-electron chi connectivity index (χ2n) is 8.53. The highest BCUT2D eigenvalue weighted by atomic mass is 16.5. The molecule has 25 heavy (non-hydrogen) atoms. The van der Waals surface area contributed by atoms with E-state index in [0.717, 1.165) is 32.1 Å². The molecule has 0 radical (unpaired) electrons. The van der Waals surface area contributed by atoms with Gasteiger partial charge in [0.05, 0.1) is 29.2 Å². The van der Waals surface area contributed by atoms with Crippen LogP contribution in [0.15, 0.2) is 18.5 Å². The number of ether oxygens (including phenoxy) is 1. The second kappa shape index (κ2) is 3.79. The van der Waals surface area contributed by atoms with Crippen LogP contribution in [0.3, 0.4) is 0 Å². The Morgan fingerprint density at radius 3 is 2.68 bits per heavy atom. The zero-order valence-corrected chi connectivity index (χ0v) is 13.9. The summed E-state index contributed by atoms with van der Waals surface area (Å²) in [6.07, 6.45) is 7.35. The van der Waals surface area contributed by atoms with Gasteiger partial charge in [0.25, 0.3) is 11.8 Å². The molecule has 0 aromatic carbocycles. The molecule has 4 saturated carbocycles. The van der Waals surface area contributed by atoms with E-state index in [1.54, 1.807) is 12.3 Å². The molecule has 0 N–H and O–H groups in total. The molecule has 128 valence electrons. The Bertz CT molecular complexity index is 862. The van der Waals surface area contributed by atoms with Gasteiger partial charge in [-0.2, -0.15) is 0 Å². The number of amides is 2. The third kappa shape index (κ3) is 1.10. The first-order valence-electron chi connectivity index (χ1n) is 8.92. The summed E-state index contributed by atoms with van der Waals surface area (Å²) in [5, 5.41) is 0. The fourth-order valence-corrected chi connectivity index (χ4v) is 7.69. The van der Waals surface area contributed by atoms with Crippen LogP contribution in [0.1, 0.15) is 52.8 Å². The number of aromatic nitrogens is 1. The summed E-state index contributed by atoms with van der Waals surface area (Å²) in [5.41, 5.74) is -0.396. The Balaban J connectivity index is 1.50. The second-order valence-corrected chi connectivity index (χ2v) is 8.53. The van der Waals surface area contributed by atoms with Crippen molar-refractivity contribution in [2.75, 3.05) is 7.11 Å². The molecule has 4 fully saturated rings. The van der Waals surface area contributed by atoms with Crippen LogP contribution >= 0.6 is 0 Å². The van der Waals surface area contributed by atoms with E-state index >= 15 is 0 Å². The molecule has 5 atom stereocenters. The Kier molecular flexibility index (Phi) is 2.12. The highest BCUT2D eigenvalue weighted by Gasteiger charge is 2.91. The first kappa shape index (κ1) is 14.0. The van der Waals surface area contributed by atoms with E-state index in [4.69, 9.17) is 4.74 Å². The molecule has 1 spiro atoms. The number of nitrogens with zero attached hydrogens (tertiary/aromatic N) is 2. The van der Waals surface area contributed by atoms with Gasteiger partial charge >= 0.3 is 5.97 Å². The first-order chi connectivity index (χ1) is 12.0. The van der Waals surface area contributed by atoms with Crippen molar-refractivity contribution >= 4 is 17.8 Å². The van der Waals surface area contributed by atoms with Crippen LogP contribution in [-0.2, 0) is 9.53 Å². The van der Waals surface area contributed by atoms with Crippen molar-refractivity contribution in [3.63, 3.8) is 0 Å². The summed E-state index contributed by atoms with van der Waals surface area (Å²) in [4.78, 5) is 44.3. The van der Waals surface area contributed by atoms with Crippen LogP contribution < -0.4 is 0 Å². The fraction of sp³-hybridized carbons (Fsp3) is 0.579. The van der Waals surface area contributed by atoms with Crippen molar-refractivity contribution < 1.29 is 19.1 Å². The number of fused-ring (bicyclic) bond motifs is 2. The number of methoxy groups -OCH3 is 1. The Hall–Kier alpha value is -2.24. The lowest BCUT2D eigenvalue weighted by molar-refractivity contribution is -0.283. The molecule has 5 unspecified atom stereocenters. The average molecular weight is 338 g/mol. The molecule has 1 aromatic rings. The van der Waals surface area contributed by atoms with Gasteiger partial charge in [0.1, 0.15) is 0 Å². The maximum atomic E-state index is 13.1. The van der Waals surface area contributed by atoms with Gasteiger partial charge in [-0.15, -0.1) is 0 Å². The SMILES string of the molecule is COC(=O)C12CC3CC4(N5C(=O)c6ccncc6C5=O)CC(C1)C24C3. The predicted molar refractivity (Wildman–Crippen MR) is 84.4 cm³/mol. The van der Waals surface area contributed by atoms with Gasteiger partial charge in [0, 0.05) is 17.8 Å². The maximum absolute atomic E-state index is 13.1. The van der Waals surface area contributed by atoms with Crippen molar-refractivity contribution in [3.05, 3.63) is 29.6 Å². The molecule has 0 saturated heterocycles. The van der Waals surface area contributed by atoms with E-state index in [2.05, 4.69) is 4.98 Å². The normalized spacial score (nSPS) is 44.9. The van der Waals surface area contributed by atoms with E-state index in [-0.39, 0.29) is 23.2 Å². The van der Waals surface area contributed by atoms with Crippen LogP contribution in [0.4, 0.5) is 0 Å². The standard InChI is InChI=1S/C19H18N2O4/c1-25-16(24)17-4-10-5-18(8-11(7-17)19(17,18)6-10)21-14(22)12-2-3-20-9-13(12)15(21)23/h2-3,9-11H,4-8H2,1H3. The molecule has 5 aliphatic rings. The van der Waals surface area contributed by atoms with Gasteiger partial charge in [-0.05, 0) is 50.0 Å². The molecule has 6 nitrogen and oxygen atoms in total. The smallest absolute Gasteiger partial charge is 0.312 e. The van der Waals surface area contributed by atoms with Crippen LogP contribution in [0.5, 0.6) is 0 Å². The summed E-state index contributed by atoms with van der Waals surface area (Å²) in [6.45, 7) is 0. The third-order valence-electron chi connectivity index (χ3n) is 8.13. The molecule has 1 aliphatic heterocycles. The van der Waals surface area contributed by atoms with Gasteiger partial charge in [-0.25, -0.2) is 0 Å². The lowest BCUT2D eigenvalue weighted by Gasteiger charge is -2.77. The highest BCUT2D eigenvalue weighted by Crippen LogP contribution is 2.89. The lowest BCUT2D eigenvalue weighted by atomic mass is 9.28. The quantitative estimate of drug-likeness (QED) is 0.607. The van der Waals surface area contributed by atoms with Gasteiger partial charge in [0.2, 0.25) is 0 Å². The summed E-state index contributed by atoms with van der Waals surface area (Å²) in [6, 6.07) is 1.63. The van der Waals surface area contributed by atoms with Gasteiger partial charge in [-0.3, -0.25) is 24.3 Å². The number of hydrogen-bond acceptors (Lipinski definition) is 5. The number of imide groups is 1. The van der Waals surface area contributed by atoms with Crippen LogP contribution in [0, 0.1) is 22.7 Å². The van der Waals surface area contributed by atoms with Crippen LogP contribution in [0.25, 0.3) is 0 Å². The first-order valence-corrected chi connectivity index (χ1v) is 8.92. The largest absolute Gasteiger partial charge is 0.469 e. The predicted octanol–water partition coefficient (Wildman–Crippen LogP) is 1.80. The summed E-state index contributed by atoms with van der Waals surface area (Å²) < 4.78 is 5.16. The van der Waals surface area contributed by atoms with E-state index in [1.807, 2.05) is 0 Å². The molecule has 6 rings (SSSR count). The topological polar surface area (TPSA) is 76.6 Å². The molecule has 2 bridgehead atoms. The van der Waals surface area contributed by atoms with Crippen LogP contribution in [-0.4, -0.2) is 40.3 Å². The summed E-state index contributed by atoms with van der Waals surface area (Å²) in [5.74, 6) is 0.233. The Labute approximate surface area is 144 Å². The minimum absolute atomic E-state index is 0.145. The minimum atomic E-state index is -0.500.